The van der Waals surface area contributed by atoms with Crippen LogP contribution in [0.1, 0.15) is 28.8 Å². The van der Waals surface area contributed by atoms with Crippen molar-refractivity contribution in [3.8, 4) is 5.69 Å². The molecule has 0 unspecified atom stereocenters. The normalized spacial score (nSPS) is 15.3. The number of rotatable bonds is 7. The van der Waals surface area contributed by atoms with Crippen LogP contribution in [0.2, 0.25) is 13.1 Å². The molecule has 1 amide bonds. The van der Waals surface area contributed by atoms with E-state index in [9.17, 15) is 4.79 Å². The average Bonchev–Trinajstić information content (AvgIpc) is 3.48. The number of aryl methyl sites for hydroxylation is 2. The molecular weight excluding hydrogens is 551 g/mol. The van der Waals surface area contributed by atoms with Crippen LogP contribution in [0.5, 0.6) is 0 Å². The lowest BCUT2D eigenvalue weighted by atomic mass is 9.86. The van der Waals surface area contributed by atoms with Crippen molar-refractivity contribution in [1.29, 1.82) is 0 Å². The van der Waals surface area contributed by atoms with Gasteiger partial charge >= 0.3 is 0 Å². The summed E-state index contributed by atoms with van der Waals surface area (Å²) in [5.74, 6) is -0.109. The van der Waals surface area contributed by atoms with E-state index in [1.54, 1.807) is 0 Å². The Balaban J connectivity index is 1.49. The molecule has 0 atom stereocenters. The van der Waals surface area contributed by atoms with Crippen LogP contribution >= 0.6 is 0 Å². The van der Waals surface area contributed by atoms with E-state index in [1.165, 1.54) is 43.9 Å². The summed E-state index contributed by atoms with van der Waals surface area (Å²) in [6.45, 7) is 7.32. The van der Waals surface area contributed by atoms with E-state index < -0.39 is 8.07 Å². The van der Waals surface area contributed by atoms with Gasteiger partial charge in [-0.25, -0.2) is 9.26 Å². The SMILES string of the molecule is Cc1ccc2c(c1)[Si](C)(C)C1=CC(=[N+](C)C)C=CC1=C2c1ccc(-n2cc(CCC(=O)NCCO)nn2)c2ccccc12. The second-order valence-corrected chi connectivity index (χ2v) is 16.4. The fourth-order valence-corrected chi connectivity index (χ4v) is 9.43. The van der Waals surface area contributed by atoms with Crippen LogP contribution in [-0.4, -0.2) is 71.6 Å². The van der Waals surface area contributed by atoms with Crippen molar-refractivity contribution in [2.75, 3.05) is 27.2 Å². The number of hydrogen-bond acceptors (Lipinski definition) is 4. The lowest BCUT2D eigenvalue weighted by molar-refractivity contribution is -0.462. The first-order valence-corrected chi connectivity index (χ1v) is 17.8. The van der Waals surface area contributed by atoms with Gasteiger partial charge in [-0.2, -0.15) is 0 Å². The van der Waals surface area contributed by atoms with Gasteiger partial charge in [-0.05, 0) is 57.1 Å². The summed E-state index contributed by atoms with van der Waals surface area (Å²) in [4.78, 5) is 12.0. The summed E-state index contributed by atoms with van der Waals surface area (Å²) in [5, 5.41) is 25.6. The number of aliphatic hydroxyl groups excluding tert-OH is 1. The zero-order chi connectivity index (χ0) is 30.3. The van der Waals surface area contributed by atoms with Gasteiger partial charge in [0.1, 0.15) is 22.2 Å². The first kappa shape index (κ1) is 28.7. The van der Waals surface area contributed by atoms with Gasteiger partial charge in [-0.15, -0.1) is 5.10 Å². The molecule has 1 aromatic heterocycles. The molecule has 1 aliphatic heterocycles. The smallest absolute Gasteiger partial charge is 0.220 e. The number of aromatic nitrogens is 3. The monoisotopic (exact) mass is 588 g/mol. The Morgan fingerprint density at radius 2 is 1.79 bits per heavy atom. The minimum absolute atomic E-state index is 0.0717. The molecule has 0 saturated heterocycles. The van der Waals surface area contributed by atoms with Crippen LogP contribution in [0.15, 0.2) is 89.8 Å². The lowest BCUT2D eigenvalue weighted by Crippen LogP contribution is -2.49. The maximum atomic E-state index is 12.0. The highest BCUT2D eigenvalue weighted by molar-refractivity contribution is 6.98. The van der Waals surface area contributed by atoms with Gasteiger partial charge in [0.05, 0.1) is 24.2 Å². The second kappa shape index (κ2) is 11.4. The van der Waals surface area contributed by atoms with Gasteiger partial charge in [0.2, 0.25) is 5.91 Å². The minimum Gasteiger partial charge on any atom is -0.395 e. The standard InChI is InChI=1S/C35H37N5O2Si/c1-23-10-13-29-32(20-23)43(4,5)33-21-25(39(2)3)12-14-30(33)35(29)28-15-16-31(27-9-7-6-8-26(27)28)40-22-24(37-38-40)11-17-34(42)36-18-19-41/h6-10,12-16,20-22,41H,11,17-19H2,1-5H3/p+1. The molecular formula is C35H38N5O2Si+. The third-order valence-corrected chi connectivity index (χ3v) is 12.1. The van der Waals surface area contributed by atoms with Gasteiger partial charge in [0, 0.05) is 36.9 Å². The Bertz CT molecular complexity index is 1890. The van der Waals surface area contributed by atoms with E-state index in [2.05, 4.69) is 127 Å². The molecule has 0 fully saturated rings. The molecule has 6 rings (SSSR count). The predicted octanol–water partition coefficient (Wildman–Crippen LogP) is 4.25. The minimum atomic E-state index is -1.98. The zero-order valence-corrected chi connectivity index (χ0v) is 26.5. The Kier molecular flexibility index (Phi) is 7.58. The molecule has 2 heterocycles. The second-order valence-electron chi connectivity index (χ2n) is 12.1. The summed E-state index contributed by atoms with van der Waals surface area (Å²) < 4.78 is 4.00. The lowest BCUT2D eigenvalue weighted by Gasteiger charge is -2.38. The van der Waals surface area contributed by atoms with Crippen molar-refractivity contribution in [2.45, 2.75) is 32.9 Å². The summed E-state index contributed by atoms with van der Waals surface area (Å²) in [7, 11) is 2.24. The number of fused-ring (bicyclic) bond motifs is 3. The molecule has 2 aliphatic rings. The Morgan fingerprint density at radius 1 is 1.02 bits per heavy atom. The van der Waals surface area contributed by atoms with Gasteiger partial charge in [0.25, 0.3) is 0 Å². The molecule has 0 saturated carbocycles. The zero-order valence-electron chi connectivity index (χ0n) is 25.5. The first-order chi connectivity index (χ1) is 20.7. The molecule has 3 aromatic carbocycles. The Labute approximate surface area is 253 Å². The van der Waals surface area contributed by atoms with Crippen molar-refractivity contribution < 1.29 is 14.5 Å². The van der Waals surface area contributed by atoms with E-state index >= 15 is 0 Å². The van der Waals surface area contributed by atoms with Gasteiger partial charge in [-0.3, -0.25) is 4.79 Å². The first-order valence-electron chi connectivity index (χ1n) is 14.8. The van der Waals surface area contributed by atoms with Gasteiger partial charge in [-0.1, -0.05) is 72.4 Å². The van der Waals surface area contributed by atoms with Crippen LogP contribution in [0.25, 0.3) is 22.0 Å². The molecule has 0 bridgehead atoms. The maximum absolute atomic E-state index is 12.0. The molecule has 43 heavy (non-hydrogen) atoms. The van der Waals surface area contributed by atoms with Gasteiger partial charge < -0.3 is 10.4 Å². The van der Waals surface area contributed by atoms with Crippen molar-refractivity contribution in [1.82, 2.24) is 20.3 Å². The van der Waals surface area contributed by atoms with Crippen molar-refractivity contribution in [3.63, 3.8) is 0 Å². The third-order valence-electron chi connectivity index (χ3n) is 8.58. The number of carbonyl (C=O) groups is 1. The van der Waals surface area contributed by atoms with Crippen LogP contribution in [0.3, 0.4) is 0 Å². The largest absolute Gasteiger partial charge is 0.395 e. The fraction of sp³-hybridized carbons (Fsp3) is 0.257. The molecule has 0 radical (unpaired) electrons. The highest BCUT2D eigenvalue weighted by Crippen LogP contribution is 2.43. The third kappa shape index (κ3) is 5.21. The molecule has 1 aliphatic carbocycles. The molecule has 0 spiro atoms. The van der Waals surface area contributed by atoms with Crippen LogP contribution in [0.4, 0.5) is 0 Å². The van der Waals surface area contributed by atoms with Crippen LogP contribution in [-0.2, 0) is 11.2 Å². The number of aliphatic hydroxyl groups is 1. The number of hydrogen-bond donors (Lipinski definition) is 2. The van der Waals surface area contributed by atoms with E-state index in [4.69, 9.17) is 5.11 Å². The van der Waals surface area contributed by atoms with Crippen LogP contribution < -0.4 is 10.5 Å². The van der Waals surface area contributed by atoms with E-state index in [-0.39, 0.29) is 19.1 Å². The number of allylic oxidation sites excluding steroid dienone is 5. The van der Waals surface area contributed by atoms with Crippen LogP contribution in [0, 0.1) is 6.92 Å². The fourth-order valence-electron chi connectivity index (χ4n) is 6.28. The van der Waals surface area contributed by atoms with Crippen molar-refractivity contribution in [3.05, 3.63) is 112 Å². The summed E-state index contributed by atoms with van der Waals surface area (Å²) in [6, 6.07) is 19.8. The van der Waals surface area contributed by atoms with E-state index in [1.807, 2.05) is 10.9 Å². The number of benzene rings is 3. The number of carbonyl (C=O) groups excluding carboxylic acids is 1. The van der Waals surface area contributed by atoms with E-state index in [0.717, 1.165) is 22.2 Å². The van der Waals surface area contributed by atoms with Crippen molar-refractivity contribution >= 4 is 41.2 Å². The summed E-state index contributed by atoms with van der Waals surface area (Å²) in [5.41, 5.74) is 9.33. The molecule has 4 aromatic rings. The topological polar surface area (TPSA) is 83.0 Å². The maximum Gasteiger partial charge on any atom is 0.220 e. The highest BCUT2D eigenvalue weighted by Gasteiger charge is 2.40. The van der Waals surface area contributed by atoms with Crippen molar-refractivity contribution in [2.24, 2.45) is 0 Å². The molecule has 218 valence electrons. The average molecular weight is 589 g/mol. The Morgan fingerprint density at radius 3 is 2.56 bits per heavy atom. The molecule has 8 heteroatoms. The number of nitrogens with zero attached hydrogens (tertiary/aromatic N) is 4. The summed E-state index contributed by atoms with van der Waals surface area (Å²) in [6.07, 6.45) is 9.64. The predicted molar refractivity (Wildman–Crippen MR) is 176 cm³/mol. The molecule has 2 N–H and O–H groups in total. The van der Waals surface area contributed by atoms with Gasteiger partial charge in [0.15, 0.2) is 5.71 Å². The Hall–Kier alpha value is -4.40. The quantitative estimate of drug-likeness (QED) is 0.250. The highest BCUT2D eigenvalue weighted by atomic mass is 28.3. The number of nitrogens with one attached hydrogen (secondary N) is 1. The van der Waals surface area contributed by atoms with E-state index in [0.29, 0.717) is 12.8 Å². The molecule has 7 nitrogen and oxygen atoms in total. The summed E-state index contributed by atoms with van der Waals surface area (Å²) >= 11 is 0. The number of amides is 1.